The number of carboxylic acids is 1. The van der Waals surface area contributed by atoms with Crippen LogP contribution in [0.15, 0.2) is 60.9 Å². The molecule has 1 saturated carbocycles. The fourth-order valence-corrected chi connectivity index (χ4v) is 5.03. The Morgan fingerprint density at radius 2 is 1.76 bits per heavy atom. The Kier molecular flexibility index (Phi) is 5.40. The first kappa shape index (κ1) is 21.2. The van der Waals surface area contributed by atoms with Crippen molar-refractivity contribution in [2.75, 3.05) is 6.61 Å². The third-order valence-electron chi connectivity index (χ3n) is 6.86. The van der Waals surface area contributed by atoms with E-state index in [4.69, 9.17) is 4.74 Å². The number of carbonyl (C=O) groups excluding carboxylic acids is 1. The van der Waals surface area contributed by atoms with Gasteiger partial charge in [-0.3, -0.25) is 0 Å². The molecule has 0 saturated heterocycles. The molecule has 7 heteroatoms. The zero-order valence-corrected chi connectivity index (χ0v) is 18.5. The molecule has 5 rings (SSSR count). The Hall–Kier alpha value is -3.61. The van der Waals surface area contributed by atoms with Gasteiger partial charge in [-0.1, -0.05) is 55.5 Å². The minimum Gasteiger partial charge on any atom is -0.479 e. The van der Waals surface area contributed by atoms with Crippen molar-refractivity contribution in [2.45, 2.75) is 44.2 Å². The van der Waals surface area contributed by atoms with E-state index >= 15 is 0 Å². The summed E-state index contributed by atoms with van der Waals surface area (Å²) in [5.41, 5.74) is 3.10. The van der Waals surface area contributed by atoms with Gasteiger partial charge in [0.1, 0.15) is 12.4 Å². The molecule has 0 bridgehead atoms. The van der Waals surface area contributed by atoms with Crippen LogP contribution in [-0.2, 0) is 22.5 Å². The predicted molar refractivity (Wildman–Crippen MR) is 123 cm³/mol. The van der Waals surface area contributed by atoms with E-state index < -0.39 is 17.6 Å². The summed E-state index contributed by atoms with van der Waals surface area (Å²) in [7, 11) is 0. The Balaban J connectivity index is 1.35. The van der Waals surface area contributed by atoms with Crippen LogP contribution in [0.3, 0.4) is 0 Å². The van der Waals surface area contributed by atoms with Crippen LogP contribution in [-0.4, -0.2) is 38.9 Å². The van der Waals surface area contributed by atoms with E-state index in [2.05, 4.69) is 34.6 Å². The molecule has 1 fully saturated rings. The SMILES string of the molecule is CCc1nccn1CC(NC(=O)OCC1c2ccccc2-c2ccccc21)(C(=O)O)C1CC1. The van der Waals surface area contributed by atoms with Gasteiger partial charge < -0.3 is 19.7 Å². The van der Waals surface area contributed by atoms with Gasteiger partial charge in [0.15, 0.2) is 5.54 Å². The normalized spacial score (nSPS) is 16.5. The Morgan fingerprint density at radius 3 is 2.33 bits per heavy atom. The topological polar surface area (TPSA) is 93.5 Å². The first-order chi connectivity index (χ1) is 16.0. The number of alkyl carbamates (subject to hydrolysis) is 1. The number of ether oxygens (including phenoxy) is 1. The van der Waals surface area contributed by atoms with Crippen molar-refractivity contribution < 1.29 is 19.4 Å². The van der Waals surface area contributed by atoms with E-state index in [1.54, 1.807) is 12.4 Å². The molecule has 1 aromatic heterocycles. The van der Waals surface area contributed by atoms with Gasteiger partial charge >= 0.3 is 12.1 Å². The molecule has 0 radical (unpaired) electrons. The quantitative estimate of drug-likeness (QED) is 0.542. The molecular formula is C26H27N3O4. The molecule has 7 nitrogen and oxygen atoms in total. The second-order valence-corrected chi connectivity index (χ2v) is 8.83. The number of amides is 1. The van der Waals surface area contributed by atoms with Gasteiger partial charge in [-0.25, -0.2) is 14.6 Å². The number of rotatable bonds is 8. The maximum atomic E-state index is 12.9. The summed E-state index contributed by atoms with van der Waals surface area (Å²) < 4.78 is 7.48. The number of nitrogens with one attached hydrogen (secondary N) is 1. The van der Waals surface area contributed by atoms with Crippen LogP contribution >= 0.6 is 0 Å². The molecule has 0 aliphatic heterocycles. The molecule has 0 spiro atoms. The Labute approximate surface area is 192 Å². The number of aromatic nitrogens is 2. The zero-order chi connectivity index (χ0) is 23.0. The van der Waals surface area contributed by atoms with Gasteiger partial charge in [0.05, 0.1) is 6.54 Å². The lowest BCUT2D eigenvalue weighted by atomic mass is 9.93. The summed E-state index contributed by atoms with van der Waals surface area (Å²) in [6.45, 7) is 2.24. The lowest BCUT2D eigenvalue weighted by Crippen LogP contribution is -2.59. The largest absolute Gasteiger partial charge is 0.479 e. The molecule has 2 aromatic carbocycles. The monoisotopic (exact) mass is 445 g/mol. The van der Waals surface area contributed by atoms with E-state index in [1.165, 1.54) is 0 Å². The number of aliphatic carboxylic acids is 1. The van der Waals surface area contributed by atoms with Gasteiger partial charge in [-0.2, -0.15) is 0 Å². The van der Waals surface area contributed by atoms with Crippen LogP contribution in [0.1, 0.15) is 42.6 Å². The van der Waals surface area contributed by atoms with Gasteiger partial charge in [-0.15, -0.1) is 0 Å². The standard InChI is InChI=1S/C26H27N3O4/c1-2-23-27-13-14-29(23)16-26(24(30)31,17-11-12-17)28-25(32)33-15-22-20-9-5-3-7-18(20)19-8-4-6-10-21(19)22/h3-10,13-14,17,22H,2,11-12,15-16H2,1H3,(H,28,32)(H,30,31). The van der Waals surface area contributed by atoms with Gasteiger partial charge in [-0.05, 0) is 41.0 Å². The first-order valence-electron chi connectivity index (χ1n) is 11.4. The van der Waals surface area contributed by atoms with Crippen molar-refractivity contribution in [3.05, 3.63) is 77.9 Å². The van der Waals surface area contributed by atoms with Crippen LogP contribution in [0.5, 0.6) is 0 Å². The zero-order valence-electron chi connectivity index (χ0n) is 18.5. The highest BCUT2D eigenvalue weighted by Gasteiger charge is 2.53. The average Bonchev–Trinajstić information content (AvgIpc) is 3.51. The molecule has 1 amide bonds. The molecule has 33 heavy (non-hydrogen) atoms. The Bertz CT molecular complexity index is 1150. The molecule has 1 heterocycles. The summed E-state index contributed by atoms with van der Waals surface area (Å²) in [5, 5.41) is 12.9. The Morgan fingerprint density at radius 1 is 1.12 bits per heavy atom. The van der Waals surface area contributed by atoms with E-state index in [0.29, 0.717) is 6.42 Å². The fourth-order valence-electron chi connectivity index (χ4n) is 5.03. The van der Waals surface area contributed by atoms with Crippen LogP contribution < -0.4 is 5.32 Å². The van der Waals surface area contributed by atoms with Crippen molar-refractivity contribution in [2.24, 2.45) is 5.92 Å². The minimum absolute atomic E-state index is 0.0800. The van der Waals surface area contributed by atoms with Crippen LogP contribution in [0.25, 0.3) is 11.1 Å². The molecule has 1 unspecified atom stereocenters. The predicted octanol–water partition coefficient (Wildman–Crippen LogP) is 4.22. The molecular weight excluding hydrogens is 418 g/mol. The van der Waals surface area contributed by atoms with Crippen molar-refractivity contribution >= 4 is 12.1 Å². The third kappa shape index (κ3) is 3.77. The van der Waals surface area contributed by atoms with Gasteiger partial charge in [0, 0.05) is 24.7 Å². The highest BCUT2D eigenvalue weighted by Crippen LogP contribution is 2.45. The van der Waals surface area contributed by atoms with E-state index in [0.717, 1.165) is 40.9 Å². The van der Waals surface area contributed by atoms with E-state index in [-0.39, 0.29) is 25.0 Å². The number of carbonyl (C=O) groups is 2. The van der Waals surface area contributed by atoms with Crippen LogP contribution in [0.4, 0.5) is 4.79 Å². The highest BCUT2D eigenvalue weighted by molar-refractivity contribution is 5.85. The number of benzene rings is 2. The second kappa shape index (κ2) is 8.39. The van der Waals surface area contributed by atoms with Crippen molar-refractivity contribution in [3.63, 3.8) is 0 Å². The summed E-state index contributed by atoms with van der Waals surface area (Å²) in [6, 6.07) is 16.2. The first-order valence-corrected chi connectivity index (χ1v) is 11.4. The number of fused-ring (bicyclic) bond motifs is 3. The molecule has 1 atom stereocenters. The number of hydrogen-bond donors (Lipinski definition) is 2. The summed E-state index contributed by atoms with van der Waals surface area (Å²) in [4.78, 5) is 29.7. The molecule has 170 valence electrons. The van der Waals surface area contributed by atoms with Crippen LogP contribution in [0, 0.1) is 5.92 Å². The van der Waals surface area contributed by atoms with Crippen molar-refractivity contribution in [1.29, 1.82) is 0 Å². The van der Waals surface area contributed by atoms with Crippen molar-refractivity contribution in [1.82, 2.24) is 14.9 Å². The number of imidazole rings is 1. The second-order valence-electron chi connectivity index (χ2n) is 8.83. The van der Waals surface area contributed by atoms with E-state index in [1.807, 2.05) is 35.8 Å². The lowest BCUT2D eigenvalue weighted by Gasteiger charge is -2.31. The maximum absolute atomic E-state index is 12.9. The molecule has 2 aliphatic carbocycles. The molecule has 2 aliphatic rings. The number of nitrogens with zero attached hydrogens (tertiary/aromatic N) is 2. The number of hydrogen-bond acceptors (Lipinski definition) is 4. The lowest BCUT2D eigenvalue weighted by molar-refractivity contribution is -0.146. The highest BCUT2D eigenvalue weighted by atomic mass is 16.5. The summed E-state index contributed by atoms with van der Waals surface area (Å²) in [5.74, 6) is -0.476. The van der Waals surface area contributed by atoms with E-state index in [9.17, 15) is 14.7 Å². The maximum Gasteiger partial charge on any atom is 0.408 e. The van der Waals surface area contributed by atoms with Crippen LogP contribution in [0.2, 0.25) is 0 Å². The minimum atomic E-state index is -1.42. The molecule has 2 N–H and O–H groups in total. The van der Waals surface area contributed by atoms with Crippen molar-refractivity contribution in [3.8, 4) is 11.1 Å². The number of carboxylic acid groups (broad SMARTS) is 1. The average molecular weight is 446 g/mol. The van der Waals surface area contributed by atoms with Gasteiger partial charge in [0.25, 0.3) is 0 Å². The third-order valence-corrected chi connectivity index (χ3v) is 6.86. The summed E-state index contributed by atoms with van der Waals surface area (Å²) >= 11 is 0. The molecule has 3 aromatic rings. The summed E-state index contributed by atoms with van der Waals surface area (Å²) in [6.07, 6.45) is 4.91. The smallest absolute Gasteiger partial charge is 0.408 e. The number of aryl methyl sites for hydroxylation is 1. The fraction of sp³-hybridized carbons (Fsp3) is 0.346. The van der Waals surface area contributed by atoms with Gasteiger partial charge in [0.2, 0.25) is 0 Å².